The Hall–Kier alpha value is -4.19. The Morgan fingerprint density at radius 2 is 1.74 bits per heavy atom. The second kappa shape index (κ2) is 15.2. The number of para-hydroxylation sites is 2. The van der Waals surface area contributed by atoms with E-state index in [2.05, 4.69) is 20.9 Å². The zero-order valence-electron chi connectivity index (χ0n) is 25.2. The number of benzene rings is 1. The molecule has 228 valence electrons. The number of carbonyl (C=O) groups is 4. The number of amides is 5. The van der Waals surface area contributed by atoms with Gasteiger partial charge in [0, 0.05) is 51.9 Å². The highest BCUT2D eigenvalue weighted by atomic mass is 16.6. The van der Waals surface area contributed by atoms with E-state index in [1.165, 1.54) is 0 Å². The zero-order valence-corrected chi connectivity index (χ0v) is 25.2. The van der Waals surface area contributed by atoms with Crippen LogP contribution < -0.4 is 16.0 Å². The van der Waals surface area contributed by atoms with Crippen LogP contribution in [0.3, 0.4) is 0 Å². The standard InChI is InChI=1S/C30H43N7O5/c1-30(2,3)42-29(41)34-24-11-7-6-10-23(24)33-27(39)25-14-13-22(20-32-25)21-37(19-18-35(4)5)28(40)31-15-9-17-36-16-8-12-26(36)38/h6-7,10-11,13-14,20H,8-9,12,15-19,21H2,1-5H3,(H,31,40)(H,33,39)(H,34,41). The van der Waals surface area contributed by atoms with Gasteiger partial charge in [0.15, 0.2) is 0 Å². The Kier molecular flexibility index (Phi) is 11.7. The summed E-state index contributed by atoms with van der Waals surface area (Å²) in [4.78, 5) is 59.8. The molecule has 42 heavy (non-hydrogen) atoms. The second-order valence-corrected chi connectivity index (χ2v) is 11.5. The average Bonchev–Trinajstić information content (AvgIpc) is 3.33. The molecule has 1 aromatic heterocycles. The average molecular weight is 582 g/mol. The first-order chi connectivity index (χ1) is 19.9. The molecule has 0 atom stereocenters. The molecule has 12 nitrogen and oxygen atoms in total. The van der Waals surface area contributed by atoms with Gasteiger partial charge in [-0.05, 0) is 71.5 Å². The molecule has 12 heteroatoms. The van der Waals surface area contributed by atoms with Crippen molar-refractivity contribution in [1.82, 2.24) is 25.0 Å². The highest BCUT2D eigenvalue weighted by molar-refractivity contribution is 6.05. The van der Waals surface area contributed by atoms with E-state index < -0.39 is 17.6 Å². The summed E-state index contributed by atoms with van der Waals surface area (Å²) in [5.41, 5.74) is 1.10. The van der Waals surface area contributed by atoms with Gasteiger partial charge in [0.05, 0.1) is 11.4 Å². The predicted octanol–water partition coefficient (Wildman–Crippen LogP) is 3.77. The Morgan fingerprint density at radius 1 is 1.02 bits per heavy atom. The zero-order chi connectivity index (χ0) is 30.7. The summed E-state index contributed by atoms with van der Waals surface area (Å²) >= 11 is 0. The summed E-state index contributed by atoms with van der Waals surface area (Å²) in [7, 11) is 3.89. The minimum Gasteiger partial charge on any atom is -0.444 e. The van der Waals surface area contributed by atoms with Crippen LogP contribution in [-0.2, 0) is 16.1 Å². The Bertz CT molecular complexity index is 1230. The number of nitrogens with one attached hydrogen (secondary N) is 3. The molecule has 2 heterocycles. The minimum atomic E-state index is -0.661. The molecule has 3 rings (SSSR count). The lowest BCUT2D eigenvalue weighted by molar-refractivity contribution is -0.127. The third kappa shape index (κ3) is 10.7. The first-order valence-corrected chi connectivity index (χ1v) is 14.2. The molecule has 1 aromatic carbocycles. The topological polar surface area (TPSA) is 136 Å². The Labute approximate surface area is 247 Å². The number of hydrogen-bond donors (Lipinski definition) is 3. The van der Waals surface area contributed by atoms with Gasteiger partial charge in [0.2, 0.25) is 5.91 Å². The van der Waals surface area contributed by atoms with Crippen LogP contribution in [0.2, 0.25) is 0 Å². The number of nitrogens with zero attached hydrogens (tertiary/aromatic N) is 4. The van der Waals surface area contributed by atoms with Gasteiger partial charge in [0.1, 0.15) is 11.3 Å². The molecule has 5 amide bonds. The van der Waals surface area contributed by atoms with Crippen LogP contribution in [0.4, 0.5) is 21.0 Å². The molecule has 0 unspecified atom stereocenters. The maximum absolute atomic E-state index is 13.0. The van der Waals surface area contributed by atoms with Gasteiger partial charge in [-0.2, -0.15) is 0 Å². The fraction of sp³-hybridized carbons (Fsp3) is 0.500. The van der Waals surface area contributed by atoms with E-state index >= 15 is 0 Å². The number of anilines is 2. The Balaban J connectivity index is 1.57. The van der Waals surface area contributed by atoms with Crippen molar-refractivity contribution in [3.05, 3.63) is 53.9 Å². The monoisotopic (exact) mass is 581 g/mol. The summed E-state index contributed by atoms with van der Waals surface area (Å²) in [6.07, 6.45) is 3.15. The van der Waals surface area contributed by atoms with Crippen LogP contribution in [0.5, 0.6) is 0 Å². The first kappa shape index (κ1) is 32.3. The number of pyridine rings is 1. The molecule has 1 saturated heterocycles. The quantitative estimate of drug-likeness (QED) is 0.325. The van der Waals surface area contributed by atoms with Gasteiger partial charge < -0.3 is 30.1 Å². The molecule has 1 fully saturated rings. The van der Waals surface area contributed by atoms with Crippen molar-refractivity contribution in [3.8, 4) is 0 Å². The van der Waals surface area contributed by atoms with Crippen LogP contribution in [0.1, 0.15) is 56.1 Å². The third-order valence-electron chi connectivity index (χ3n) is 6.40. The number of carbonyl (C=O) groups excluding carboxylic acids is 4. The molecular formula is C30H43N7O5. The lowest BCUT2D eigenvalue weighted by Gasteiger charge is -2.25. The predicted molar refractivity (Wildman–Crippen MR) is 161 cm³/mol. The highest BCUT2D eigenvalue weighted by Crippen LogP contribution is 2.23. The van der Waals surface area contributed by atoms with E-state index in [1.54, 1.807) is 68.3 Å². The molecule has 0 aliphatic carbocycles. The maximum atomic E-state index is 13.0. The number of rotatable bonds is 12. The van der Waals surface area contributed by atoms with Gasteiger partial charge in [-0.25, -0.2) is 9.59 Å². The van der Waals surface area contributed by atoms with Crippen molar-refractivity contribution in [1.29, 1.82) is 0 Å². The smallest absolute Gasteiger partial charge is 0.412 e. The fourth-order valence-electron chi connectivity index (χ4n) is 4.26. The van der Waals surface area contributed by atoms with Crippen molar-refractivity contribution in [2.24, 2.45) is 0 Å². The van der Waals surface area contributed by atoms with Crippen molar-refractivity contribution in [2.45, 2.75) is 52.2 Å². The van der Waals surface area contributed by atoms with Crippen LogP contribution in [-0.4, -0.2) is 96.0 Å². The maximum Gasteiger partial charge on any atom is 0.412 e. The highest BCUT2D eigenvalue weighted by Gasteiger charge is 2.21. The normalized spacial score (nSPS) is 13.2. The van der Waals surface area contributed by atoms with Gasteiger partial charge in [-0.1, -0.05) is 18.2 Å². The summed E-state index contributed by atoms with van der Waals surface area (Å²) in [6, 6.07) is 9.98. The molecule has 0 saturated carbocycles. The summed E-state index contributed by atoms with van der Waals surface area (Å²) < 4.78 is 5.31. The first-order valence-electron chi connectivity index (χ1n) is 14.2. The number of likely N-dealkylation sites (N-methyl/N-ethyl adjacent to an activating group) is 1. The molecule has 0 spiro atoms. The molecule has 0 bridgehead atoms. The van der Waals surface area contributed by atoms with Gasteiger partial charge >= 0.3 is 12.1 Å². The molecular weight excluding hydrogens is 538 g/mol. The van der Waals surface area contributed by atoms with Crippen molar-refractivity contribution in [3.63, 3.8) is 0 Å². The van der Waals surface area contributed by atoms with E-state index in [9.17, 15) is 19.2 Å². The lowest BCUT2D eigenvalue weighted by atomic mass is 10.2. The second-order valence-electron chi connectivity index (χ2n) is 11.5. The van der Waals surface area contributed by atoms with Gasteiger partial charge in [-0.3, -0.25) is 19.9 Å². The van der Waals surface area contributed by atoms with E-state index in [-0.39, 0.29) is 17.6 Å². The van der Waals surface area contributed by atoms with Crippen LogP contribution in [0, 0.1) is 0 Å². The van der Waals surface area contributed by atoms with E-state index in [1.807, 2.05) is 23.9 Å². The lowest BCUT2D eigenvalue weighted by Crippen LogP contribution is -2.43. The third-order valence-corrected chi connectivity index (χ3v) is 6.40. The number of aromatic nitrogens is 1. The minimum absolute atomic E-state index is 0.181. The summed E-state index contributed by atoms with van der Waals surface area (Å²) in [6.45, 7) is 8.72. The van der Waals surface area contributed by atoms with Crippen molar-refractivity contribution >= 4 is 35.3 Å². The van der Waals surface area contributed by atoms with Gasteiger partial charge in [0.25, 0.3) is 5.91 Å². The van der Waals surface area contributed by atoms with Crippen molar-refractivity contribution < 1.29 is 23.9 Å². The number of ether oxygens (including phenoxy) is 1. The summed E-state index contributed by atoms with van der Waals surface area (Å²) in [5.74, 6) is -0.265. The van der Waals surface area contributed by atoms with E-state index in [4.69, 9.17) is 4.74 Å². The number of hydrogen-bond acceptors (Lipinski definition) is 7. The van der Waals surface area contributed by atoms with Gasteiger partial charge in [-0.15, -0.1) is 0 Å². The molecule has 0 radical (unpaired) electrons. The summed E-state index contributed by atoms with van der Waals surface area (Å²) in [5, 5.41) is 8.40. The largest absolute Gasteiger partial charge is 0.444 e. The fourth-order valence-corrected chi connectivity index (χ4v) is 4.26. The molecule has 3 N–H and O–H groups in total. The van der Waals surface area contributed by atoms with E-state index in [0.29, 0.717) is 56.9 Å². The molecule has 1 aliphatic heterocycles. The van der Waals surface area contributed by atoms with Crippen LogP contribution >= 0.6 is 0 Å². The molecule has 1 aliphatic rings. The SMILES string of the molecule is CN(C)CCN(Cc1ccc(C(=O)Nc2ccccc2NC(=O)OC(C)(C)C)nc1)C(=O)NCCCN1CCCC1=O. The van der Waals surface area contributed by atoms with E-state index in [0.717, 1.165) is 18.5 Å². The Morgan fingerprint density at radius 3 is 2.33 bits per heavy atom. The van der Waals surface area contributed by atoms with Crippen molar-refractivity contribution in [2.75, 3.05) is 57.5 Å². The van der Waals surface area contributed by atoms with Crippen LogP contribution in [0.25, 0.3) is 0 Å². The number of likely N-dealkylation sites (tertiary alicyclic amines) is 1. The van der Waals surface area contributed by atoms with Crippen LogP contribution in [0.15, 0.2) is 42.6 Å². The molecule has 2 aromatic rings. The number of urea groups is 1.